The third-order valence-electron chi connectivity index (χ3n) is 2.93. The molecule has 0 aliphatic heterocycles. The van der Waals surface area contributed by atoms with Gasteiger partial charge in [-0.3, -0.25) is 9.78 Å². The molecular weight excluding hydrogens is 284 g/mol. The zero-order valence-corrected chi connectivity index (χ0v) is 13.2. The lowest BCUT2D eigenvalue weighted by Crippen LogP contribution is -2.28. The maximum absolute atomic E-state index is 12.1. The smallest absolute Gasteiger partial charge is 0.263 e. The van der Waals surface area contributed by atoms with Gasteiger partial charge in [-0.05, 0) is 31.9 Å². The summed E-state index contributed by atoms with van der Waals surface area (Å²) in [5.41, 5.74) is 1.82. The lowest BCUT2D eigenvalue weighted by atomic mass is 10.3. The fraction of sp³-hybridized carbons (Fsp3) is 0.400. The molecule has 2 heterocycles. The molecule has 0 radical (unpaired) electrons. The highest BCUT2D eigenvalue weighted by molar-refractivity contribution is 7.13. The standard InChI is InChI=1S/C15H20N4OS/c1-3-4-13-19-11(2)14(21-13)15(20)18-10-9-17-12-5-7-16-8-6-12/h5-8H,3-4,9-10H2,1-2H3,(H,16,17)(H,18,20). The summed E-state index contributed by atoms with van der Waals surface area (Å²) in [5.74, 6) is -0.0381. The molecule has 2 rings (SSSR count). The Bertz CT molecular complexity index is 583. The minimum atomic E-state index is -0.0381. The quantitative estimate of drug-likeness (QED) is 0.772. The van der Waals surface area contributed by atoms with Crippen LogP contribution < -0.4 is 10.6 Å². The average molecular weight is 304 g/mol. The van der Waals surface area contributed by atoms with Gasteiger partial charge in [-0.15, -0.1) is 11.3 Å². The summed E-state index contributed by atoms with van der Waals surface area (Å²) in [5, 5.41) is 7.18. The summed E-state index contributed by atoms with van der Waals surface area (Å²) in [6.07, 6.45) is 5.44. The van der Waals surface area contributed by atoms with Gasteiger partial charge < -0.3 is 10.6 Å². The van der Waals surface area contributed by atoms with Crippen molar-refractivity contribution >= 4 is 22.9 Å². The monoisotopic (exact) mass is 304 g/mol. The van der Waals surface area contributed by atoms with Crippen molar-refractivity contribution in [1.82, 2.24) is 15.3 Å². The van der Waals surface area contributed by atoms with E-state index in [1.165, 1.54) is 11.3 Å². The van der Waals surface area contributed by atoms with Crippen molar-refractivity contribution in [3.05, 3.63) is 40.1 Å². The third kappa shape index (κ3) is 4.53. The van der Waals surface area contributed by atoms with E-state index in [0.717, 1.165) is 34.1 Å². The molecule has 112 valence electrons. The van der Waals surface area contributed by atoms with Crippen LogP contribution in [0, 0.1) is 6.92 Å². The van der Waals surface area contributed by atoms with E-state index < -0.39 is 0 Å². The molecule has 2 aromatic rings. The Morgan fingerprint density at radius 3 is 2.76 bits per heavy atom. The summed E-state index contributed by atoms with van der Waals surface area (Å²) in [4.78, 5) is 21.2. The van der Waals surface area contributed by atoms with Crippen LogP contribution in [0.25, 0.3) is 0 Å². The molecule has 0 saturated heterocycles. The molecule has 0 fully saturated rings. The van der Waals surface area contributed by atoms with Crippen LogP contribution in [0.15, 0.2) is 24.5 Å². The van der Waals surface area contributed by atoms with Crippen molar-refractivity contribution < 1.29 is 4.79 Å². The van der Waals surface area contributed by atoms with Gasteiger partial charge in [0.05, 0.1) is 10.7 Å². The molecule has 1 amide bonds. The number of hydrogen-bond acceptors (Lipinski definition) is 5. The molecule has 0 aliphatic carbocycles. The van der Waals surface area contributed by atoms with E-state index in [-0.39, 0.29) is 5.91 Å². The van der Waals surface area contributed by atoms with Crippen LogP contribution in [0.3, 0.4) is 0 Å². The normalized spacial score (nSPS) is 10.4. The largest absolute Gasteiger partial charge is 0.383 e. The Kier molecular flexibility index (Phi) is 5.68. The van der Waals surface area contributed by atoms with Crippen LogP contribution in [0.4, 0.5) is 5.69 Å². The maximum Gasteiger partial charge on any atom is 0.263 e. The van der Waals surface area contributed by atoms with Crippen LogP contribution >= 0.6 is 11.3 Å². The van der Waals surface area contributed by atoms with Gasteiger partial charge in [0.25, 0.3) is 5.91 Å². The summed E-state index contributed by atoms with van der Waals surface area (Å²) in [6, 6.07) is 3.79. The minimum Gasteiger partial charge on any atom is -0.383 e. The van der Waals surface area contributed by atoms with E-state index in [1.54, 1.807) is 12.4 Å². The predicted molar refractivity (Wildman–Crippen MR) is 85.9 cm³/mol. The Morgan fingerprint density at radius 2 is 2.05 bits per heavy atom. The second kappa shape index (κ2) is 7.73. The molecular formula is C15H20N4OS. The zero-order valence-electron chi connectivity index (χ0n) is 12.3. The first-order valence-corrected chi connectivity index (χ1v) is 7.90. The summed E-state index contributed by atoms with van der Waals surface area (Å²) < 4.78 is 0. The van der Waals surface area contributed by atoms with E-state index >= 15 is 0 Å². The first kappa shape index (κ1) is 15.4. The molecule has 0 unspecified atom stereocenters. The van der Waals surface area contributed by atoms with Crippen LogP contribution in [-0.4, -0.2) is 29.0 Å². The van der Waals surface area contributed by atoms with Crippen molar-refractivity contribution in [2.24, 2.45) is 0 Å². The van der Waals surface area contributed by atoms with E-state index in [4.69, 9.17) is 0 Å². The Hall–Kier alpha value is -1.95. The lowest BCUT2D eigenvalue weighted by Gasteiger charge is -2.07. The molecule has 2 aromatic heterocycles. The van der Waals surface area contributed by atoms with Gasteiger partial charge in [-0.1, -0.05) is 6.92 Å². The topological polar surface area (TPSA) is 66.9 Å². The van der Waals surface area contributed by atoms with Crippen molar-refractivity contribution in [1.29, 1.82) is 0 Å². The minimum absolute atomic E-state index is 0.0381. The highest BCUT2D eigenvalue weighted by atomic mass is 32.1. The maximum atomic E-state index is 12.1. The SMILES string of the molecule is CCCc1nc(C)c(C(=O)NCCNc2ccncc2)s1. The molecule has 6 heteroatoms. The fourth-order valence-corrected chi connectivity index (χ4v) is 3.00. The number of carbonyl (C=O) groups excluding carboxylic acids is 1. The van der Waals surface area contributed by atoms with Gasteiger partial charge in [0.1, 0.15) is 4.88 Å². The first-order chi connectivity index (χ1) is 10.2. The number of aromatic nitrogens is 2. The van der Waals surface area contributed by atoms with Gasteiger partial charge >= 0.3 is 0 Å². The number of pyridine rings is 1. The Labute approximate surface area is 128 Å². The van der Waals surface area contributed by atoms with Crippen molar-refractivity contribution in [2.75, 3.05) is 18.4 Å². The highest BCUT2D eigenvalue weighted by Gasteiger charge is 2.14. The number of carbonyl (C=O) groups is 1. The molecule has 0 saturated carbocycles. The van der Waals surface area contributed by atoms with Crippen molar-refractivity contribution in [3.8, 4) is 0 Å². The fourth-order valence-electron chi connectivity index (χ4n) is 1.92. The molecule has 0 spiro atoms. The first-order valence-electron chi connectivity index (χ1n) is 7.09. The van der Waals surface area contributed by atoms with Gasteiger partial charge in [-0.2, -0.15) is 0 Å². The molecule has 0 atom stereocenters. The van der Waals surface area contributed by atoms with E-state index in [9.17, 15) is 4.79 Å². The number of aryl methyl sites for hydroxylation is 2. The number of anilines is 1. The summed E-state index contributed by atoms with van der Waals surface area (Å²) in [7, 11) is 0. The van der Waals surface area contributed by atoms with E-state index in [0.29, 0.717) is 13.1 Å². The molecule has 5 nitrogen and oxygen atoms in total. The number of amides is 1. The van der Waals surface area contributed by atoms with Gasteiger partial charge in [0, 0.05) is 31.2 Å². The summed E-state index contributed by atoms with van der Waals surface area (Å²) >= 11 is 1.49. The van der Waals surface area contributed by atoms with E-state index in [1.807, 2.05) is 19.1 Å². The molecule has 21 heavy (non-hydrogen) atoms. The van der Waals surface area contributed by atoms with Gasteiger partial charge in [-0.25, -0.2) is 4.98 Å². The number of nitrogens with zero attached hydrogens (tertiary/aromatic N) is 2. The number of hydrogen-bond donors (Lipinski definition) is 2. The lowest BCUT2D eigenvalue weighted by molar-refractivity contribution is 0.0958. The van der Waals surface area contributed by atoms with Crippen LogP contribution in [0.2, 0.25) is 0 Å². The number of nitrogens with one attached hydrogen (secondary N) is 2. The van der Waals surface area contributed by atoms with Crippen LogP contribution in [0.1, 0.15) is 33.7 Å². The molecule has 0 aromatic carbocycles. The van der Waals surface area contributed by atoms with E-state index in [2.05, 4.69) is 27.5 Å². The molecule has 2 N–H and O–H groups in total. The van der Waals surface area contributed by atoms with Crippen LogP contribution in [0.5, 0.6) is 0 Å². The average Bonchev–Trinajstić information content (AvgIpc) is 2.86. The predicted octanol–water partition coefficient (Wildman–Crippen LogP) is 2.64. The van der Waals surface area contributed by atoms with Crippen LogP contribution in [-0.2, 0) is 6.42 Å². The van der Waals surface area contributed by atoms with Gasteiger partial charge in [0.2, 0.25) is 0 Å². The third-order valence-corrected chi connectivity index (χ3v) is 4.15. The number of rotatable bonds is 7. The second-order valence-corrected chi connectivity index (χ2v) is 5.77. The Morgan fingerprint density at radius 1 is 1.29 bits per heavy atom. The summed E-state index contributed by atoms with van der Waals surface area (Å²) in [6.45, 7) is 5.25. The second-order valence-electron chi connectivity index (χ2n) is 4.69. The van der Waals surface area contributed by atoms with Crippen molar-refractivity contribution in [2.45, 2.75) is 26.7 Å². The zero-order chi connectivity index (χ0) is 15.1. The van der Waals surface area contributed by atoms with Gasteiger partial charge in [0.15, 0.2) is 0 Å². The Balaban J connectivity index is 1.79. The molecule has 0 bridgehead atoms. The number of thiazole rings is 1. The highest BCUT2D eigenvalue weighted by Crippen LogP contribution is 2.19. The molecule has 0 aliphatic rings. The van der Waals surface area contributed by atoms with Crippen molar-refractivity contribution in [3.63, 3.8) is 0 Å².